The van der Waals surface area contributed by atoms with E-state index in [4.69, 9.17) is 27.9 Å². The predicted molar refractivity (Wildman–Crippen MR) is 80.7 cm³/mol. The van der Waals surface area contributed by atoms with Gasteiger partial charge in [-0.1, -0.05) is 23.2 Å². The van der Waals surface area contributed by atoms with Gasteiger partial charge in [-0.2, -0.15) is 0 Å². The molecule has 2 aromatic rings. The van der Waals surface area contributed by atoms with Crippen molar-refractivity contribution in [2.45, 2.75) is 6.92 Å². The second-order valence-corrected chi connectivity index (χ2v) is 5.55. The fourth-order valence-electron chi connectivity index (χ4n) is 1.47. The van der Waals surface area contributed by atoms with Crippen LogP contribution in [0.25, 0.3) is 0 Å². The van der Waals surface area contributed by atoms with E-state index < -0.39 is 0 Å². The molecule has 0 N–H and O–H groups in total. The van der Waals surface area contributed by atoms with Crippen LogP contribution in [0.15, 0.2) is 40.9 Å². The van der Waals surface area contributed by atoms with Gasteiger partial charge in [0.15, 0.2) is 5.78 Å². The van der Waals surface area contributed by atoms with Crippen molar-refractivity contribution in [1.29, 1.82) is 0 Å². The average molecular weight is 360 g/mol. The minimum Gasteiger partial charge on any atom is -0.456 e. The highest BCUT2D eigenvalue weighted by Crippen LogP contribution is 2.36. The number of halogens is 3. The van der Waals surface area contributed by atoms with Gasteiger partial charge in [0, 0.05) is 16.1 Å². The standard InChI is InChI=1S/C14H9BrCl2O2/c1-8(18)9-2-4-10(5-3-9)19-14-7-12(16)11(15)6-13(14)17/h2-7H,1H3. The molecule has 0 aliphatic heterocycles. The molecule has 0 saturated heterocycles. The van der Waals surface area contributed by atoms with Gasteiger partial charge in [0.05, 0.1) is 10.0 Å². The normalized spacial score (nSPS) is 10.3. The third-order valence-electron chi connectivity index (χ3n) is 2.46. The van der Waals surface area contributed by atoms with Crippen LogP contribution in [0.3, 0.4) is 0 Å². The second-order valence-electron chi connectivity index (χ2n) is 3.88. The first kappa shape index (κ1) is 14.4. The molecule has 0 amide bonds. The first-order chi connectivity index (χ1) is 8.97. The van der Waals surface area contributed by atoms with Crippen LogP contribution in [-0.2, 0) is 0 Å². The van der Waals surface area contributed by atoms with Gasteiger partial charge in [-0.15, -0.1) is 0 Å². The van der Waals surface area contributed by atoms with Crippen molar-refractivity contribution >= 4 is 44.9 Å². The predicted octanol–water partition coefficient (Wildman–Crippen LogP) is 5.75. The van der Waals surface area contributed by atoms with Crippen molar-refractivity contribution in [3.63, 3.8) is 0 Å². The van der Waals surface area contributed by atoms with Gasteiger partial charge in [-0.25, -0.2) is 0 Å². The molecule has 0 aliphatic rings. The van der Waals surface area contributed by atoms with Crippen molar-refractivity contribution in [3.8, 4) is 11.5 Å². The van der Waals surface area contributed by atoms with Crippen LogP contribution in [0.1, 0.15) is 17.3 Å². The van der Waals surface area contributed by atoms with Gasteiger partial charge in [-0.3, -0.25) is 4.79 Å². The van der Waals surface area contributed by atoms with Crippen LogP contribution in [-0.4, -0.2) is 5.78 Å². The van der Waals surface area contributed by atoms with Gasteiger partial charge in [0.25, 0.3) is 0 Å². The Balaban J connectivity index is 2.26. The number of hydrogen-bond donors (Lipinski definition) is 0. The number of carbonyl (C=O) groups is 1. The maximum Gasteiger partial charge on any atom is 0.159 e. The summed E-state index contributed by atoms with van der Waals surface area (Å²) in [7, 11) is 0. The van der Waals surface area contributed by atoms with E-state index >= 15 is 0 Å². The fourth-order valence-corrected chi connectivity index (χ4v) is 2.30. The van der Waals surface area contributed by atoms with Gasteiger partial charge in [-0.05, 0) is 53.2 Å². The van der Waals surface area contributed by atoms with E-state index in [-0.39, 0.29) is 5.78 Å². The molecule has 0 fully saturated rings. The molecule has 0 heterocycles. The highest BCUT2D eigenvalue weighted by Gasteiger charge is 2.08. The molecule has 0 radical (unpaired) electrons. The van der Waals surface area contributed by atoms with Gasteiger partial charge < -0.3 is 4.74 Å². The third kappa shape index (κ3) is 3.50. The van der Waals surface area contributed by atoms with Crippen molar-refractivity contribution in [2.24, 2.45) is 0 Å². The van der Waals surface area contributed by atoms with Crippen LogP contribution < -0.4 is 4.74 Å². The zero-order chi connectivity index (χ0) is 14.0. The van der Waals surface area contributed by atoms with Crippen LogP contribution in [0, 0.1) is 0 Å². The smallest absolute Gasteiger partial charge is 0.159 e. The number of benzene rings is 2. The molecule has 0 saturated carbocycles. The van der Waals surface area contributed by atoms with Crippen molar-refractivity contribution in [1.82, 2.24) is 0 Å². The molecular weight excluding hydrogens is 351 g/mol. The van der Waals surface area contributed by atoms with E-state index in [1.165, 1.54) is 6.92 Å². The number of hydrogen-bond acceptors (Lipinski definition) is 2. The molecule has 5 heteroatoms. The molecule has 0 bridgehead atoms. The molecule has 2 aromatic carbocycles. The highest BCUT2D eigenvalue weighted by atomic mass is 79.9. The Morgan fingerprint density at radius 1 is 1.11 bits per heavy atom. The van der Waals surface area contributed by atoms with Gasteiger partial charge >= 0.3 is 0 Å². The Bertz CT molecular complexity index is 624. The molecule has 2 nitrogen and oxygen atoms in total. The lowest BCUT2D eigenvalue weighted by Gasteiger charge is -2.09. The van der Waals surface area contributed by atoms with E-state index in [9.17, 15) is 4.79 Å². The lowest BCUT2D eigenvalue weighted by atomic mass is 10.1. The number of ketones is 1. The maximum atomic E-state index is 11.2. The third-order valence-corrected chi connectivity index (χ3v) is 3.96. The molecule has 98 valence electrons. The fraction of sp³-hybridized carbons (Fsp3) is 0.0714. The number of ether oxygens (including phenoxy) is 1. The lowest BCUT2D eigenvalue weighted by Crippen LogP contribution is -1.92. The molecule has 0 spiro atoms. The second kappa shape index (κ2) is 5.95. The Morgan fingerprint density at radius 2 is 1.74 bits per heavy atom. The average Bonchev–Trinajstić information content (AvgIpc) is 2.36. The summed E-state index contributed by atoms with van der Waals surface area (Å²) in [6.07, 6.45) is 0. The summed E-state index contributed by atoms with van der Waals surface area (Å²) in [5.41, 5.74) is 0.632. The Labute approximate surface area is 129 Å². The van der Waals surface area contributed by atoms with Crippen LogP contribution in [0.4, 0.5) is 0 Å². The summed E-state index contributed by atoms with van der Waals surface area (Å²) in [5, 5.41) is 0.965. The first-order valence-corrected chi connectivity index (χ1v) is 6.95. The van der Waals surface area contributed by atoms with Crippen LogP contribution in [0.5, 0.6) is 11.5 Å². The minimum absolute atomic E-state index is 0.0104. The summed E-state index contributed by atoms with van der Waals surface area (Å²) in [6, 6.07) is 10.1. The van der Waals surface area contributed by atoms with Gasteiger partial charge in [0.1, 0.15) is 11.5 Å². The van der Waals surface area contributed by atoms with E-state index in [0.717, 1.165) is 0 Å². The largest absolute Gasteiger partial charge is 0.456 e. The Kier molecular flexibility index (Phi) is 4.50. The van der Waals surface area contributed by atoms with E-state index in [2.05, 4.69) is 15.9 Å². The van der Waals surface area contributed by atoms with Crippen LogP contribution >= 0.6 is 39.1 Å². The van der Waals surface area contributed by atoms with Gasteiger partial charge in [0.2, 0.25) is 0 Å². The highest BCUT2D eigenvalue weighted by molar-refractivity contribution is 9.10. The van der Waals surface area contributed by atoms with Crippen molar-refractivity contribution in [3.05, 3.63) is 56.5 Å². The molecule has 0 aliphatic carbocycles. The maximum absolute atomic E-state index is 11.2. The molecule has 0 atom stereocenters. The molecule has 19 heavy (non-hydrogen) atoms. The number of carbonyl (C=O) groups excluding carboxylic acids is 1. The monoisotopic (exact) mass is 358 g/mol. The summed E-state index contributed by atoms with van der Waals surface area (Å²) >= 11 is 15.3. The first-order valence-electron chi connectivity index (χ1n) is 5.41. The number of Topliss-reactive ketones (excluding diaryl/α,β-unsaturated/α-hetero) is 1. The Hall–Kier alpha value is -1.03. The summed E-state index contributed by atoms with van der Waals surface area (Å²) < 4.78 is 6.34. The van der Waals surface area contributed by atoms with Crippen molar-refractivity contribution in [2.75, 3.05) is 0 Å². The zero-order valence-electron chi connectivity index (χ0n) is 9.91. The summed E-state index contributed by atoms with van der Waals surface area (Å²) in [6.45, 7) is 1.52. The SMILES string of the molecule is CC(=O)c1ccc(Oc2cc(Cl)c(Br)cc2Cl)cc1. The molecular formula is C14H9BrCl2O2. The topological polar surface area (TPSA) is 26.3 Å². The van der Waals surface area contributed by atoms with E-state index in [1.54, 1.807) is 36.4 Å². The summed E-state index contributed by atoms with van der Waals surface area (Å²) in [4.78, 5) is 11.2. The summed E-state index contributed by atoms with van der Waals surface area (Å²) in [5.74, 6) is 1.06. The number of rotatable bonds is 3. The molecule has 0 aromatic heterocycles. The lowest BCUT2D eigenvalue weighted by molar-refractivity contribution is 0.101. The zero-order valence-corrected chi connectivity index (χ0v) is 13.0. The van der Waals surface area contributed by atoms with Crippen molar-refractivity contribution < 1.29 is 9.53 Å². The quantitative estimate of drug-likeness (QED) is 0.515. The van der Waals surface area contributed by atoms with E-state index in [0.29, 0.717) is 31.6 Å². The Morgan fingerprint density at radius 3 is 2.32 bits per heavy atom. The molecule has 0 unspecified atom stereocenters. The minimum atomic E-state index is 0.0104. The van der Waals surface area contributed by atoms with E-state index in [1.807, 2.05) is 0 Å². The van der Waals surface area contributed by atoms with Crippen LogP contribution in [0.2, 0.25) is 10.0 Å². The molecule has 2 rings (SSSR count).